The molecule has 1 saturated heterocycles. The van der Waals surface area contributed by atoms with E-state index in [9.17, 15) is 14.4 Å². The van der Waals surface area contributed by atoms with Crippen LogP contribution in [0.2, 0.25) is 0 Å². The molecule has 0 unspecified atom stereocenters. The summed E-state index contributed by atoms with van der Waals surface area (Å²) >= 11 is 0. The molecule has 2 aliphatic rings. The quantitative estimate of drug-likeness (QED) is 0.329. The van der Waals surface area contributed by atoms with Crippen LogP contribution in [-0.2, 0) is 32.1 Å². The fraction of sp³-hybridized carbons (Fsp3) is 0.441. The topological polar surface area (TPSA) is 172 Å². The number of ether oxygens (including phenoxy) is 2. The van der Waals surface area contributed by atoms with E-state index in [-0.39, 0.29) is 30.8 Å². The Kier molecular flexibility index (Phi) is 12.7. The van der Waals surface area contributed by atoms with Gasteiger partial charge in [-0.25, -0.2) is 4.98 Å². The fourth-order valence-electron chi connectivity index (χ4n) is 5.43. The highest BCUT2D eigenvalue weighted by atomic mass is 16.5. The minimum Gasteiger partial charge on any atom is -0.493 e. The minimum atomic E-state index is -0.846. The van der Waals surface area contributed by atoms with Crippen molar-refractivity contribution in [1.82, 2.24) is 25.8 Å². The molecule has 0 spiro atoms. The van der Waals surface area contributed by atoms with Crippen LogP contribution in [0.3, 0.4) is 0 Å². The van der Waals surface area contributed by atoms with Gasteiger partial charge in [0.1, 0.15) is 17.5 Å². The van der Waals surface area contributed by atoms with Crippen molar-refractivity contribution in [2.75, 3.05) is 39.9 Å². The predicted molar refractivity (Wildman–Crippen MR) is 173 cm³/mol. The largest absolute Gasteiger partial charge is 0.493 e. The third-order valence-corrected chi connectivity index (χ3v) is 7.79. The van der Waals surface area contributed by atoms with Gasteiger partial charge in [-0.05, 0) is 56.5 Å². The van der Waals surface area contributed by atoms with E-state index in [1.165, 1.54) is 0 Å². The number of carboxylic acid groups (broad SMARTS) is 1. The van der Waals surface area contributed by atoms with Crippen LogP contribution < -0.4 is 25.4 Å². The van der Waals surface area contributed by atoms with E-state index in [0.29, 0.717) is 66.9 Å². The lowest BCUT2D eigenvalue weighted by atomic mass is 9.98. The zero-order chi connectivity index (χ0) is 33.8. The van der Waals surface area contributed by atoms with Crippen LogP contribution in [0.4, 0.5) is 0 Å². The second-order valence-corrected chi connectivity index (χ2v) is 11.4. The molecule has 3 amide bonds. The van der Waals surface area contributed by atoms with Gasteiger partial charge >= 0.3 is 0 Å². The lowest BCUT2D eigenvalue weighted by molar-refractivity contribution is -0.140. The molecule has 4 N–H and O–H groups in total. The third kappa shape index (κ3) is 10.3. The SMILES string of the molecule is CC(=O)O.COc1ccc2cc1OCCCN(C(=O)[C@H]1CCCNC1)CC(=O)N[C@H](Cc1ccccc1)C(=O)NCc1nc-2oc1C. The summed E-state index contributed by atoms with van der Waals surface area (Å²) in [5.74, 6) is 0.176. The number of nitrogens with one attached hydrogen (secondary N) is 3. The van der Waals surface area contributed by atoms with Crippen LogP contribution in [0.25, 0.3) is 11.5 Å². The Labute approximate surface area is 274 Å². The highest BCUT2D eigenvalue weighted by molar-refractivity contribution is 5.90. The number of aliphatic carboxylic acids is 1. The van der Waals surface area contributed by atoms with Gasteiger partial charge < -0.3 is 39.8 Å². The first kappa shape index (κ1) is 35.0. The molecule has 5 rings (SSSR count). The molecule has 3 heterocycles. The van der Waals surface area contributed by atoms with Gasteiger partial charge in [0.15, 0.2) is 11.5 Å². The van der Waals surface area contributed by atoms with Crippen molar-refractivity contribution < 1.29 is 38.2 Å². The summed E-state index contributed by atoms with van der Waals surface area (Å²) in [5, 5.41) is 16.5. The summed E-state index contributed by atoms with van der Waals surface area (Å²) in [6, 6.07) is 14.1. The summed E-state index contributed by atoms with van der Waals surface area (Å²) in [4.78, 5) is 55.6. The van der Waals surface area contributed by atoms with Crippen LogP contribution >= 0.6 is 0 Å². The molecule has 2 atom stereocenters. The number of hydrogen-bond acceptors (Lipinski definition) is 9. The number of aromatic nitrogens is 1. The fourth-order valence-corrected chi connectivity index (χ4v) is 5.43. The van der Waals surface area contributed by atoms with Crippen molar-refractivity contribution in [3.8, 4) is 23.0 Å². The zero-order valence-corrected chi connectivity index (χ0v) is 27.0. The monoisotopic (exact) mass is 649 g/mol. The van der Waals surface area contributed by atoms with Crippen LogP contribution in [-0.4, -0.2) is 84.6 Å². The molecule has 4 bridgehead atoms. The van der Waals surface area contributed by atoms with E-state index in [1.54, 1.807) is 31.1 Å². The van der Waals surface area contributed by atoms with E-state index in [2.05, 4.69) is 20.9 Å². The standard InChI is InChI=1S/C32H39N5O6.C2H4O2/c1-21-26-19-34-30(39)25(16-22-8-4-3-5-9-22)35-29(38)20-37(32(40)24-10-6-13-33-18-24)14-7-15-42-28-17-23(31(36-26)43-21)11-12-27(28)41-2;1-2(3)4/h3-5,8-9,11-12,17,24-25,33H,6-7,10,13-16,18-20H2,1-2H3,(H,34,39)(H,35,38);1H3,(H,3,4)/t24-,25+;/m0./s1. The zero-order valence-electron chi connectivity index (χ0n) is 27.0. The van der Waals surface area contributed by atoms with Gasteiger partial charge in [0.05, 0.1) is 32.7 Å². The van der Waals surface area contributed by atoms with Gasteiger partial charge in [-0.2, -0.15) is 0 Å². The Bertz CT molecular complexity index is 1520. The van der Waals surface area contributed by atoms with Gasteiger partial charge in [-0.3, -0.25) is 19.2 Å². The maximum atomic E-state index is 13.5. The number of carbonyl (C=O) groups is 4. The number of aryl methyl sites for hydroxylation is 1. The maximum absolute atomic E-state index is 13.5. The molecule has 0 saturated carbocycles. The summed E-state index contributed by atoms with van der Waals surface area (Å²) in [5.41, 5.74) is 2.18. The number of fused-ring (bicyclic) bond motifs is 5. The van der Waals surface area contributed by atoms with Gasteiger partial charge in [0, 0.05) is 32.0 Å². The predicted octanol–water partition coefficient (Wildman–Crippen LogP) is 2.70. The number of piperidine rings is 1. The Morgan fingerprint density at radius 2 is 1.89 bits per heavy atom. The minimum absolute atomic E-state index is 0.0745. The van der Waals surface area contributed by atoms with E-state index < -0.39 is 17.9 Å². The lowest BCUT2D eigenvalue weighted by Crippen LogP contribution is -2.52. The molecule has 1 aromatic heterocycles. The highest BCUT2D eigenvalue weighted by Crippen LogP contribution is 2.33. The molecule has 1 fully saturated rings. The van der Waals surface area contributed by atoms with Crippen LogP contribution in [0.5, 0.6) is 11.5 Å². The first-order chi connectivity index (χ1) is 22.6. The molecule has 13 nitrogen and oxygen atoms in total. The Morgan fingerprint density at radius 1 is 1.13 bits per heavy atom. The van der Waals surface area contributed by atoms with E-state index >= 15 is 0 Å². The Hall–Kier alpha value is -4.91. The van der Waals surface area contributed by atoms with Crippen molar-refractivity contribution in [3.05, 3.63) is 65.5 Å². The number of oxazole rings is 1. The molecular weight excluding hydrogens is 606 g/mol. The average Bonchev–Trinajstić information content (AvgIpc) is 3.44. The molecule has 0 radical (unpaired) electrons. The average molecular weight is 650 g/mol. The molecule has 47 heavy (non-hydrogen) atoms. The molecule has 252 valence electrons. The summed E-state index contributed by atoms with van der Waals surface area (Å²) in [7, 11) is 1.57. The van der Waals surface area contributed by atoms with Crippen molar-refractivity contribution in [2.24, 2.45) is 5.92 Å². The molecule has 2 aliphatic heterocycles. The third-order valence-electron chi connectivity index (χ3n) is 7.79. The smallest absolute Gasteiger partial charge is 0.300 e. The first-order valence-corrected chi connectivity index (χ1v) is 15.7. The molecule has 13 heteroatoms. The van der Waals surface area contributed by atoms with Gasteiger partial charge in [0.2, 0.25) is 23.6 Å². The number of hydrogen-bond donors (Lipinski definition) is 4. The van der Waals surface area contributed by atoms with E-state index in [4.69, 9.17) is 23.8 Å². The number of carbonyl (C=O) groups excluding carboxylic acids is 3. The molecule has 0 aliphatic carbocycles. The number of nitrogens with zero attached hydrogens (tertiary/aromatic N) is 2. The first-order valence-electron chi connectivity index (χ1n) is 15.7. The number of carboxylic acids is 1. The van der Waals surface area contributed by atoms with Gasteiger partial charge in [-0.1, -0.05) is 30.3 Å². The van der Waals surface area contributed by atoms with Gasteiger partial charge in [-0.15, -0.1) is 0 Å². The summed E-state index contributed by atoms with van der Waals surface area (Å²) < 4.78 is 17.5. The number of benzene rings is 2. The second kappa shape index (κ2) is 17.1. The van der Waals surface area contributed by atoms with Crippen molar-refractivity contribution in [3.63, 3.8) is 0 Å². The normalized spacial score (nSPS) is 19.0. The number of methoxy groups -OCH3 is 1. The maximum Gasteiger partial charge on any atom is 0.300 e. The van der Waals surface area contributed by atoms with Crippen LogP contribution in [0.1, 0.15) is 43.2 Å². The van der Waals surface area contributed by atoms with E-state index in [0.717, 1.165) is 31.9 Å². The number of rotatable bonds is 4. The summed E-state index contributed by atoms with van der Waals surface area (Å²) in [6.45, 7) is 4.91. The second-order valence-electron chi connectivity index (χ2n) is 11.4. The molecule has 2 aromatic carbocycles. The highest BCUT2D eigenvalue weighted by Gasteiger charge is 2.29. The summed E-state index contributed by atoms with van der Waals surface area (Å²) in [6.07, 6.45) is 2.46. The molecular formula is C34H43N5O8. The lowest BCUT2D eigenvalue weighted by Gasteiger charge is -2.30. The van der Waals surface area contributed by atoms with Crippen molar-refractivity contribution >= 4 is 23.7 Å². The van der Waals surface area contributed by atoms with Gasteiger partial charge in [0.25, 0.3) is 5.97 Å². The number of amides is 3. The molecule has 3 aromatic rings. The van der Waals surface area contributed by atoms with E-state index in [1.807, 2.05) is 36.4 Å². The Balaban J connectivity index is 0.00000118. The van der Waals surface area contributed by atoms with Crippen molar-refractivity contribution in [2.45, 2.75) is 52.1 Å². The Morgan fingerprint density at radius 3 is 2.60 bits per heavy atom. The van der Waals surface area contributed by atoms with Crippen LogP contribution in [0.15, 0.2) is 52.9 Å². The van der Waals surface area contributed by atoms with Crippen molar-refractivity contribution in [1.29, 1.82) is 0 Å². The van der Waals surface area contributed by atoms with Crippen LogP contribution in [0, 0.1) is 12.8 Å².